The smallest absolute Gasteiger partial charge is 0.270 e. The molecule has 0 bridgehead atoms. The summed E-state index contributed by atoms with van der Waals surface area (Å²) in [5.74, 6) is 0.371. The third-order valence-electron chi connectivity index (χ3n) is 4.40. The van der Waals surface area contributed by atoms with Crippen molar-refractivity contribution in [2.24, 2.45) is 13.0 Å². The van der Waals surface area contributed by atoms with E-state index >= 15 is 0 Å². The summed E-state index contributed by atoms with van der Waals surface area (Å²) < 4.78 is 27.6. The minimum absolute atomic E-state index is 0.0960. The second-order valence-corrected chi connectivity index (χ2v) is 8.11. The van der Waals surface area contributed by atoms with Crippen LogP contribution in [0.2, 0.25) is 0 Å². The number of hydrogen-bond acceptors (Lipinski definition) is 3. The first-order valence-corrected chi connectivity index (χ1v) is 9.15. The standard InChI is InChI=1S/C15H25N3O3S/c1-11-6-5-7-12(2)18(9-11)15(19)14-8-13(10-17(14)4)22(20,21)16-3/h8,10-12,16H,5-7,9H2,1-4H3/t11-,12+/m1/s1. The van der Waals surface area contributed by atoms with E-state index in [2.05, 4.69) is 18.6 Å². The van der Waals surface area contributed by atoms with E-state index in [1.807, 2.05) is 4.90 Å². The fraction of sp³-hybridized carbons (Fsp3) is 0.667. The zero-order chi connectivity index (χ0) is 16.5. The minimum Gasteiger partial charge on any atom is -0.345 e. The van der Waals surface area contributed by atoms with E-state index in [1.54, 1.807) is 11.6 Å². The summed E-state index contributed by atoms with van der Waals surface area (Å²) in [4.78, 5) is 14.8. The van der Waals surface area contributed by atoms with Crippen LogP contribution in [0.1, 0.15) is 43.6 Å². The van der Waals surface area contributed by atoms with Crippen LogP contribution in [0.4, 0.5) is 0 Å². The fourth-order valence-corrected chi connectivity index (χ4v) is 3.77. The topological polar surface area (TPSA) is 71.4 Å². The van der Waals surface area contributed by atoms with E-state index in [0.29, 0.717) is 11.6 Å². The minimum atomic E-state index is -3.54. The maximum Gasteiger partial charge on any atom is 0.270 e. The lowest BCUT2D eigenvalue weighted by molar-refractivity contribution is 0.0667. The van der Waals surface area contributed by atoms with Crippen LogP contribution >= 0.6 is 0 Å². The van der Waals surface area contributed by atoms with Crippen LogP contribution in [-0.4, -0.2) is 43.4 Å². The van der Waals surface area contributed by atoms with Crippen molar-refractivity contribution in [1.29, 1.82) is 0 Å². The summed E-state index contributed by atoms with van der Waals surface area (Å²) in [5, 5.41) is 0. The van der Waals surface area contributed by atoms with Crippen molar-refractivity contribution >= 4 is 15.9 Å². The highest BCUT2D eigenvalue weighted by atomic mass is 32.2. The molecule has 2 atom stereocenters. The number of nitrogens with one attached hydrogen (secondary N) is 1. The maximum absolute atomic E-state index is 12.8. The van der Waals surface area contributed by atoms with Gasteiger partial charge in [0.05, 0.1) is 0 Å². The molecular weight excluding hydrogens is 302 g/mol. The van der Waals surface area contributed by atoms with Gasteiger partial charge < -0.3 is 9.47 Å². The van der Waals surface area contributed by atoms with Gasteiger partial charge in [0.2, 0.25) is 10.0 Å². The van der Waals surface area contributed by atoms with E-state index in [-0.39, 0.29) is 16.8 Å². The van der Waals surface area contributed by atoms with Crippen LogP contribution in [0.25, 0.3) is 0 Å². The van der Waals surface area contributed by atoms with Gasteiger partial charge in [0.15, 0.2) is 0 Å². The second kappa shape index (κ2) is 6.42. The Morgan fingerprint density at radius 1 is 1.32 bits per heavy atom. The Hall–Kier alpha value is -1.34. The lowest BCUT2D eigenvalue weighted by Gasteiger charge is -2.28. The summed E-state index contributed by atoms with van der Waals surface area (Å²) in [7, 11) is -0.471. The number of likely N-dealkylation sites (tertiary alicyclic amines) is 1. The molecular formula is C15H25N3O3S. The van der Waals surface area contributed by atoms with Crippen LogP contribution < -0.4 is 4.72 Å². The number of carbonyl (C=O) groups is 1. The molecule has 0 spiro atoms. The Balaban J connectivity index is 2.33. The molecule has 0 saturated carbocycles. The molecule has 0 unspecified atom stereocenters. The molecule has 1 aliphatic rings. The highest BCUT2D eigenvalue weighted by Gasteiger charge is 2.28. The molecule has 1 aliphatic heterocycles. The second-order valence-electron chi connectivity index (χ2n) is 6.22. The third-order valence-corrected chi connectivity index (χ3v) is 5.78. The molecule has 1 aromatic rings. The predicted octanol–water partition coefficient (Wildman–Crippen LogP) is 1.58. The molecule has 2 rings (SSSR count). The van der Waals surface area contributed by atoms with Crippen molar-refractivity contribution < 1.29 is 13.2 Å². The molecule has 0 aromatic carbocycles. The molecule has 1 fully saturated rings. The van der Waals surface area contributed by atoms with Crippen LogP contribution in [0, 0.1) is 5.92 Å². The van der Waals surface area contributed by atoms with Crippen molar-refractivity contribution in [3.05, 3.63) is 18.0 Å². The van der Waals surface area contributed by atoms with Gasteiger partial charge in [-0.1, -0.05) is 13.3 Å². The third kappa shape index (κ3) is 3.35. The highest BCUT2D eigenvalue weighted by Crippen LogP contribution is 2.23. The van der Waals surface area contributed by atoms with Gasteiger partial charge in [-0.2, -0.15) is 0 Å². The van der Waals surface area contributed by atoms with E-state index in [1.165, 1.54) is 19.3 Å². The number of rotatable bonds is 3. The van der Waals surface area contributed by atoms with Gasteiger partial charge >= 0.3 is 0 Å². The molecule has 1 amide bonds. The summed E-state index contributed by atoms with van der Waals surface area (Å²) in [6.45, 7) is 4.93. The largest absolute Gasteiger partial charge is 0.345 e. The van der Waals surface area contributed by atoms with Crippen LogP contribution in [0.5, 0.6) is 0 Å². The zero-order valence-electron chi connectivity index (χ0n) is 13.7. The molecule has 0 aliphatic carbocycles. The van der Waals surface area contributed by atoms with E-state index in [4.69, 9.17) is 0 Å². The Labute approximate surface area is 132 Å². The van der Waals surface area contributed by atoms with E-state index in [9.17, 15) is 13.2 Å². The highest BCUT2D eigenvalue weighted by molar-refractivity contribution is 7.89. The number of carbonyl (C=O) groups excluding carboxylic acids is 1. The van der Waals surface area contributed by atoms with Crippen molar-refractivity contribution in [3.8, 4) is 0 Å². The summed E-state index contributed by atoms with van der Waals surface area (Å²) in [6.07, 6.45) is 4.71. The van der Waals surface area contributed by atoms with Crippen molar-refractivity contribution in [3.63, 3.8) is 0 Å². The van der Waals surface area contributed by atoms with Gasteiger partial charge in [0, 0.05) is 25.8 Å². The quantitative estimate of drug-likeness (QED) is 0.916. The molecule has 124 valence electrons. The number of aryl methyl sites for hydroxylation is 1. The molecule has 1 saturated heterocycles. The van der Waals surface area contributed by atoms with Gasteiger partial charge in [0.25, 0.3) is 5.91 Å². The first kappa shape index (κ1) is 17.0. The number of sulfonamides is 1. The maximum atomic E-state index is 12.8. The van der Waals surface area contributed by atoms with Crippen molar-refractivity contribution in [2.75, 3.05) is 13.6 Å². The molecule has 7 heteroatoms. The van der Waals surface area contributed by atoms with Crippen molar-refractivity contribution in [1.82, 2.24) is 14.2 Å². The average Bonchev–Trinajstić information content (AvgIpc) is 2.78. The molecule has 1 N–H and O–H groups in total. The number of hydrogen-bond donors (Lipinski definition) is 1. The van der Waals surface area contributed by atoms with E-state index < -0.39 is 10.0 Å². The SMILES string of the molecule is CNS(=O)(=O)c1cc(C(=O)N2C[C@H](C)CCC[C@@H]2C)n(C)c1. The average molecular weight is 327 g/mol. The molecule has 22 heavy (non-hydrogen) atoms. The molecule has 1 aromatic heterocycles. The molecule has 2 heterocycles. The summed E-state index contributed by atoms with van der Waals surface area (Å²) in [6, 6.07) is 1.63. The molecule has 0 radical (unpaired) electrons. The van der Waals surface area contributed by atoms with Crippen LogP contribution in [0.15, 0.2) is 17.2 Å². The van der Waals surface area contributed by atoms with Gasteiger partial charge in [-0.05, 0) is 38.8 Å². The number of aromatic nitrogens is 1. The fourth-order valence-electron chi connectivity index (χ4n) is 2.97. The summed E-state index contributed by atoms with van der Waals surface area (Å²) >= 11 is 0. The Morgan fingerprint density at radius 2 is 2.00 bits per heavy atom. The Morgan fingerprint density at radius 3 is 2.64 bits per heavy atom. The van der Waals surface area contributed by atoms with Crippen LogP contribution in [-0.2, 0) is 17.1 Å². The lowest BCUT2D eigenvalue weighted by Crippen LogP contribution is -2.40. The first-order valence-electron chi connectivity index (χ1n) is 7.67. The normalized spacial score (nSPS) is 23.4. The Kier molecular flexibility index (Phi) is 4.97. The number of nitrogens with zero attached hydrogens (tertiary/aromatic N) is 2. The monoisotopic (exact) mass is 327 g/mol. The first-order chi connectivity index (χ1) is 10.3. The zero-order valence-corrected chi connectivity index (χ0v) is 14.5. The number of amides is 1. The summed E-state index contributed by atoms with van der Waals surface area (Å²) in [5.41, 5.74) is 0.412. The van der Waals surface area contributed by atoms with E-state index in [0.717, 1.165) is 25.8 Å². The predicted molar refractivity (Wildman–Crippen MR) is 85.2 cm³/mol. The van der Waals surface area contributed by atoms with Crippen LogP contribution in [0.3, 0.4) is 0 Å². The van der Waals surface area contributed by atoms with Gasteiger partial charge in [-0.3, -0.25) is 4.79 Å². The van der Waals surface area contributed by atoms with Gasteiger partial charge in [0.1, 0.15) is 10.6 Å². The lowest BCUT2D eigenvalue weighted by atomic mass is 10.1. The van der Waals surface area contributed by atoms with Gasteiger partial charge in [-0.15, -0.1) is 0 Å². The Bertz CT molecular complexity index is 651. The van der Waals surface area contributed by atoms with Gasteiger partial charge in [-0.25, -0.2) is 13.1 Å². The van der Waals surface area contributed by atoms with Crippen molar-refractivity contribution in [2.45, 2.75) is 44.0 Å². The molecule has 6 nitrogen and oxygen atoms in total.